The molecule has 0 rings (SSSR count). The van der Waals surface area contributed by atoms with Crippen molar-refractivity contribution in [2.75, 3.05) is 20.6 Å². The average molecular weight is 266 g/mol. The molecule has 0 fully saturated rings. The minimum Gasteiger partial charge on any atom is -0.359 e. The molecule has 2 amide bonds. The van der Waals surface area contributed by atoms with Crippen LogP contribution in [-0.2, 0) is 9.59 Å². The molecular weight excluding hydrogens is 242 g/mol. The Kier molecular flexibility index (Phi) is 10.1. The van der Waals surface area contributed by atoms with Crippen LogP contribution in [0.15, 0.2) is 0 Å². The van der Waals surface area contributed by atoms with Gasteiger partial charge in [0, 0.05) is 27.1 Å². The third-order valence-electron chi connectivity index (χ3n) is 2.87. The number of nitrogens with two attached hydrogens (primary N) is 1. The predicted octanol–water partition coefficient (Wildman–Crippen LogP) is 0.376. The standard InChI is InChI=1S/C11H23N3O2.ClH/c1-5-8(2)10(12)11(16)14(4)7-6-9(15)13-3;/h8,10H,5-7,12H2,1-4H3,(H,13,15);1H. The summed E-state index contributed by atoms with van der Waals surface area (Å²) in [7, 11) is 3.25. The van der Waals surface area contributed by atoms with E-state index in [1.165, 1.54) is 4.90 Å². The third kappa shape index (κ3) is 6.48. The molecule has 0 bridgehead atoms. The molecule has 2 unspecified atom stereocenters. The summed E-state index contributed by atoms with van der Waals surface area (Å²) < 4.78 is 0. The van der Waals surface area contributed by atoms with Crippen LogP contribution in [0.25, 0.3) is 0 Å². The summed E-state index contributed by atoms with van der Waals surface area (Å²) in [5, 5.41) is 2.51. The van der Waals surface area contributed by atoms with Gasteiger partial charge < -0.3 is 16.0 Å². The molecule has 0 aliphatic rings. The summed E-state index contributed by atoms with van der Waals surface area (Å²) in [6.45, 7) is 4.36. The van der Waals surface area contributed by atoms with Crippen molar-refractivity contribution in [2.45, 2.75) is 32.7 Å². The molecule has 0 saturated carbocycles. The monoisotopic (exact) mass is 265 g/mol. The fourth-order valence-electron chi connectivity index (χ4n) is 1.26. The fourth-order valence-corrected chi connectivity index (χ4v) is 1.26. The number of likely N-dealkylation sites (N-methyl/N-ethyl adjacent to an activating group) is 1. The smallest absolute Gasteiger partial charge is 0.239 e. The summed E-state index contributed by atoms with van der Waals surface area (Å²) in [6.07, 6.45) is 1.18. The highest BCUT2D eigenvalue weighted by Gasteiger charge is 2.22. The van der Waals surface area contributed by atoms with Gasteiger partial charge in [0.1, 0.15) is 0 Å². The van der Waals surface area contributed by atoms with E-state index >= 15 is 0 Å². The van der Waals surface area contributed by atoms with Gasteiger partial charge in [-0.25, -0.2) is 0 Å². The number of rotatable bonds is 6. The molecule has 0 aromatic carbocycles. The van der Waals surface area contributed by atoms with Crippen LogP contribution in [0.3, 0.4) is 0 Å². The SMILES string of the molecule is CCC(C)C(N)C(=O)N(C)CCC(=O)NC.Cl. The maximum atomic E-state index is 11.8. The summed E-state index contributed by atoms with van der Waals surface area (Å²) in [6, 6.07) is -0.473. The van der Waals surface area contributed by atoms with Crippen LogP contribution in [0.4, 0.5) is 0 Å². The first-order valence-corrected chi connectivity index (χ1v) is 5.65. The topological polar surface area (TPSA) is 75.4 Å². The van der Waals surface area contributed by atoms with E-state index in [0.29, 0.717) is 13.0 Å². The van der Waals surface area contributed by atoms with Gasteiger partial charge >= 0.3 is 0 Å². The van der Waals surface area contributed by atoms with E-state index in [-0.39, 0.29) is 30.1 Å². The molecule has 102 valence electrons. The second kappa shape index (κ2) is 9.24. The lowest BCUT2D eigenvalue weighted by atomic mass is 9.99. The Hall–Kier alpha value is -0.810. The van der Waals surface area contributed by atoms with Crippen molar-refractivity contribution in [1.82, 2.24) is 10.2 Å². The average Bonchev–Trinajstić information content (AvgIpc) is 2.32. The number of hydrogen-bond donors (Lipinski definition) is 2. The normalized spacial score (nSPS) is 13.2. The van der Waals surface area contributed by atoms with Crippen LogP contribution < -0.4 is 11.1 Å². The lowest BCUT2D eigenvalue weighted by Crippen LogP contribution is -2.46. The molecule has 0 aliphatic carbocycles. The number of carbonyl (C=O) groups excluding carboxylic acids is 2. The number of nitrogens with zero attached hydrogens (tertiary/aromatic N) is 1. The van der Waals surface area contributed by atoms with Crippen LogP contribution in [-0.4, -0.2) is 43.4 Å². The minimum atomic E-state index is -0.473. The molecule has 0 radical (unpaired) electrons. The molecule has 0 spiro atoms. The number of hydrogen-bond acceptors (Lipinski definition) is 3. The van der Waals surface area contributed by atoms with Crippen molar-refractivity contribution in [3.63, 3.8) is 0 Å². The fraction of sp³-hybridized carbons (Fsp3) is 0.818. The molecule has 0 saturated heterocycles. The summed E-state index contributed by atoms with van der Waals surface area (Å²) >= 11 is 0. The first kappa shape index (κ1) is 18.6. The van der Waals surface area contributed by atoms with Gasteiger partial charge in [-0.15, -0.1) is 12.4 Å². The molecule has 3 N–H and O–H groups in total. The lowest BCUT2D eigenvalue weighted by molar-refractivity contribution is -0.133. The zero-order valence-electron chi connectivity index (χ0n) is 11.0. The van der Waals surface area contributed by atoms with Crippen LogP contribution in [0.1, 0.15) is 26.7 Å². The van der Waals surface area contributed by atoms with Crippen molar-refractivity contribution >= 4 is 24.2 Å². The molecule has 0 aromatic heterocycles. The molecule has 6 heteroatoms. The highest BCUT2D eigenvalue weighted by molar-refractivity contribution is 5.85. The van der Waals surface area contributed by atoms with Gasteiger partial charge in [-0.1, -0.05) is 20.3 Å². The van der Waals surface area contributed by atoms with E-state index in [1.807, 2.05) is 13.8 Å². The van der Waals surface area contributed by atoms with Crippen LogP contribution in [0, 0.1) is 5.92 Å². The van der Waals surface area contributed by atoms with Crippen LogP contribution in [0.2, 0.25) is 0 Å². The van der Waals surface area contributed by atoms with E-state index in [0.717, 1.165) is 6.42 Å². The van der Waals surface area contributed by atoms with Crippen molar-refractivity contribution in [2.24, 2.45) is 11.7 Å². The highest BCUT2D eigenvalue weighted by atomic mass is 35.5. The second-order valence-corrected chi connectivity index (χ2v) is 4.09. The van der Waals surface area contributed by atoms with E-state index in [4.69, 9.17) is 5.73 Å². The third-order valence-corrected chi connectivity index (χ3v) is 2.87. The predicted molar refractivity (Wildman–Crippen MR) is 71.0 cm³/mol. The summed E-state index contributed by atoms with van der Waals surface area (Å²) in [5.41, 5.74) is 5.82. The maximum absolute atomic E-state index is 11.8. The van der Waals surface area contributed by atoms with Gasteiger partial charge in [0.25, 0.3) is 0 Å². The van der Waals surface area contributed by atoms with Crippen LogP contribution in [0.5, 0.6) is 0 Å². The Balaban J connectivity index is 0. The van der Waals surface area contributed by atoms with E-state index in [1.54, 1.807) is 14.1 Å². The van der Waals surface area contributed by atoms with Gasteiger partial charge in [0.2, 0.25) is 11.8 Å². The molecule has 0 heterocycles. The Morgan fingerprint density at radius 3 is 2.35 bits per heavy atom. The Morgan fingerprint density at radius 1 is 1.41 bits per heavy atom. The second-order valence-electron chi connectivity index (χ2n) is 4.09. The van der Waals surface area contributed by atoms with Gasteiger partial charge in [-0.05, 0) is 5.92 Å². The summed E-state index contributed by atoms with van der Waals surface area (Å²) in [5.74, 6) is -0.00929. The van der Waals surface area contributed by atoms with Gasteiger partial charge in [-0.3, -0.25) is 9.59 Å². The maximum Gasteiger partial charge on any atom is 0.239 e. The largest absolute Gasteiger partial charge is 0.359 e. The first-order chi connectivity index (χ1) is 7.43. The molecule has 0 aromatic rings. The van der Waals surface area contributed by atoms with Crippen molar-refractivity contribution in [3.8, 4) is 0 Å². The Labute approximate surface area is 110 Å². The molecule has 5 nitrogen and oxygen atoms in total. The number of nitrogens with one attached hydrogen (secondary N) is 1. The quantitative estimate of drug-likeness (QED) is 0.729. The Bertz CT molecular complexity index is 249. The molecular formula is C11H24ClN3O2. The minimum absolute atomic E-state index is 0. The highest BCUT2D eigenvalue weighted by Crippen LogP contribution is 2.07. The number of halogens is 1. The van der Waals surface area contributed by atoms with Crippen molar-refractivity contribution < 1.29 is 9.59 Å². The van der Waals surface area contributed by atoms with E-state index in [9.17, 15) is 9.59 Å². The van der Waals surface area contributed by atoms with Crippen LogP contribution >= 0.6 is 12.4 Å². The van der Waals surface area contributed by atoms with Gasteiger partial charge in [0.15, 0.2) is 0 Å². The molecule has 2 atom stereocenters. The van der Waals surface area contributed by atoms with E-state index < -0.39 is 6.04 Å². The van der Waals surface area contributed by atoms with E-state index in [2.05, 4.69) is 5.32 Å². The molecule has 0 aliphatic heterocycles. The molecule has 17 heavy (non-hydrogen) atoms. The van der Waals surface area contributed by atoms with Gasteiger partial charge in [0.05, 0.1) is 6.04 Å². The zero-order chi connectivity index (χ0) is 12.7. The van der Waals surface area contributed by atoms with Gasteiger partial charge in [-0.2, -0.15) is 0 Å². The number of amides is 2. The van der Waals surface area contributed by atoms with Crippen molar-refractivity contribution in [3.05, 3.63) is 0 Å². The van der Waals surface area contributed by atoms with Crippen molar-refractivity contribution in [1.29, 1.82) is 0 Å². The lowest BCUT2D eigenvalue weighted by Gasteiger charge is -2.24. The zero-order valence-corrected chi connectivity index (χ0v) is 11.8. The number of carbonyl (C=O) groups is 2. The first-order valence-electron chi connectivity index (χ1n) is 5.65. The summed E-state index contributed by atoms with van der Waals surface area (Å²) in [4.78, 5) is 24.4. The Morgan fingerprint density at radius 2 is 1.94 bits per heavy atom.